The van der Waals surface area contributed by atoms with Gasteiger partial charge in [0.05, 0.1) is 0 Å². The van der Waals surface area contributed by atoms with Crippen molar-refractivity contribution in [2.45, 2.75) is 45.8 Å². The molecule has 3 N–H and O–H groups in total. The van der Waals surface area contributed by atoms with Crippen molar-refractivity contribution in [2.24, 2.45) is 5.41 Å². The van der Waals surface area contributed by atoms with Gasteiger partial charge in [0.1, 0.15) is 40.7 Å². The van der Waals surface area contributed by atoms with Crippen LogP contribution in [-0.2, 0) is 12.1 Å². The van der Waals surface area contributed by atoms with E-state index in [9.17, 15) is 9.90 Å². The van der Waals surface area contributed by atoms with E-state index in [1.54, 1.807) is 11.1 Å². The maximum Gasteiger partial charge on any atom is 0.408 e. The summed E-state index contributed by atoms with van der Waals surface area (Å²) in [4.78, 5) is 23.3. The maximum atomic E-state index is 12.4. The van der Waals surface area contributed by atoms with E-state index in [1.807, 2.05) is 65.2 Å². The van der Waals surface area contributed by atoms with Crippen LogP contribution < -0.4 is 10.5 Å². The second-order valence-corrected chi connectivity index (χ2v) is 10.3. The lowest BCUT2D eigenvalue weighted by atomic mass is 9.71. The number of fused-ring (bicyclic) bond motifs is 1. The third kappa shape index (κ3) is 3.82. The number of rotatable bonds is 5. The van der Waals surface area contributed by atoms with Crippen LogP contribution in [0.25, 0.3) is 16.8 Å². The molecule has 1 aliphatic heterocycles. The molecule has 0 saturated carbocycles. The Morgan fingerprint density at radius 1 is 1.14 bits per heavy atom. The third-order valence-electron chi connectivity index (χ3n) is 7.18. The smallest absolute Gasteiger partial charge is 0.408 e. The summed E-state index contributed by atoms with van der Waals surface area (Å²) < 4.78 is 7.87. The van der Waals surface area contributed by atoms with Gasteiger partial charge in [-0.25, -0.2) is 14.8 Å². The number of nitrogens with zero attached hydrogens (tertiary/aromatic N) is 4. The van der Waals surface area contributed by atoms with Gasteiger partial charge >= 0.3 is 6.09 Å². The minimum absolute atomic E-state index is 0.347. The number of nitrogens with two attached hydrogens (primary N) is 1. The number of hydrogen-bond donors (Lipinski definition) is 2. The molecule has 3 heterocycles. The van der Waals surface area contributed by atoms with Gasteiger partial charge in [0, 0.05) is 24.5 Å². The number of likely N-dealkylation sites (tertiary alicyclic amines) is 1. The second-order valence-electron chi connectivity index (χ2n) is 10.3. The number of amides is 1. The minimum atomic E-state index is -0.942. The zero-order valence-corrected chi connectivity index (χ0v) is 20.8. The summed E-state index contributed by atoms with van der Waals surface area (Å²) in [5.41, 5.74) is 8.44. The van der Waals surface area contributed by atoms with E-state index in [2.05, 4.69) is 25.8 Å². The van der Waals surface area contributed by atoms with Gasteiger partial charge in [0.2, 0.25) is 0 Å². The van der Waals surface area contributed by atoms with E-state index in [-0.39, 0.29) is 0 Å². The average Bonchev–Trinajstić information content (AvgIpc) is 3.47. The summed E-state index contributed by atoms with van der Waals surface area (Å²) in [5.74, 6) is 1.76. The van der Waals surface area contributed by atoms with Gasteiger partial charge in [-0.2, -0.15) is 0 Å². The Balaban J connectivity index is 1.59. The van der Waals surface area contributed by atoms with Crippen LogP contribution in [0.3, 0.4) is 0 Å². The number of aromatic nitrogens is 3. The van der Waals surface area contributed by atoms with Gasteiger partial charge in [-0.15, -0.1) is 0 Å². The Hall–Kier alpha value is -4.07. The van der Waals surface area contributed by atoms with Crippen LogP contribution in [0, 0.1) is 5.41 Å². The highest BCUT2D eigenvalue weighted by molar-refractivity contribution is 5.85. The van der Waals surface area contributed by atoms with Crippen LogP contribution in [0.5, 0.6) is 5.75 Å². The molecule has 1 fully saturated rings. The molecular formula is C28H31N5O3. The van der Waals surface area contributed by atoms with E-state index < -0.39 is 17.0 Å². The normalized spacial score (nSPS) is 18.0. The average molecular weight is 486 g/mol. The summed E-state index contributed by atoms with van der Waals surface area (Å²) in [7, 11) is 0. The highest BCUT2D eigenvalue weighted by Crippen LogP contribution is 2.51. The monoisotopic (exact) mass is 485 g/mol. The SMILES string of the molecule is CC(C)(C)C1(c2nc(-c3ccc(OCc4ccccc4)cc3)c3c(N)nccn23)CCCN1C(=O)O. The van der Waals surface area contributed by atoms with E-state index >= 15 is 0 Å². The fraction of sp³-hybridized carbons (Fsp3) is 0.321. The summed E-state index contributed by atoms with van der Waals surface area (Å²) in [6.07, 6.45) is 3.95. The van der Waals surface area contributed by atoms with E-state index in [0.717, 1.165) is 23.3 Å². The number of hydrogen-bond acceptors (Lipinski definition) is 5. The van der Waals surface area contributed by atoms with E-state index in [1.165, 1.54) is 0 Å². The van der Waals surface area contributed by atoms with Crippen LogP contribution >= 0.6 is 0 Å². The maximum absolute atomic E-state index is 12.4. The number of anilines is 1. The van der Waals surface area contributed by atoms with Crippen LogP contribution in [0.1, 0.15) is 45.0 Å². The molecule has 1 amide bonds. The van der Waals surface area contributed by atoms with Crippen LogP contribution in [-0.4, -0.2) is 37.0 Å². The lowest BCUT2D eigenvalue weighted by Crippen LogP contribution is -2.53. The predicted molar refractivity (Wildman–Crippen MR) is 139 cm³/mol. The molecule has 1 aliphatic rings. The molecule has 5 rings (SSSR count). The Kier molecular flexibility index (Phi) is 5.82. The number of ether oxygens (including phenoxy) is 1. The zero-order valence-electron chi connectivity index (χ0n) is 20.8. The highest BCUT2D eigenvalue weighted by atomic mass is 16.5. The molecule has 8 heteroatoms. The first-order chi connectivity index (χ1) is 17.2. The molecule has 1 unspecified atom stereocenters. The minimum Gasteiger partial charge on any atom is -0.489 e. The van der Waals surface area contributed by atoms with Crippen molar-refractivity contribution >= 4 is 17.4 Å². The summed E-state index contributed by atoms with van der Waals surface area (Å²) >= 11 is 0. The molecule has 0 radical (unpaired) electrons. The van der Waals surface area contributed by atoms with Crippen molar-refractivity contribution in [3.63, 3.8) is 0 Å². The largest absolute Gasteiger partial charge is 0.489 e. The topological polar surface area (TPSA) is 106 Å². The quantitative estimate of drug-likeness (QED) is 0.383. The van der Waals surface area contributed by atoms with Crippen LogP contribution in [0.2, 0.25) is 0 Å². The van der Waals surface area contributed by atoms with Crippen molar-refractivity contribution in [3.8, 4) is 17.0 Å². The third-order valence-corrected chi connectivity index (χ3v) is 7.18. The lowest BCUT2D eigenvalue weighted by molar-refractivity contribution is 0.0207. The van der Waals surface area contributed by atoms with Gasteiger partial charge in [0.15, 0.2) is 0 Å². The predicted octanol–water partition coefficient (Wildman–Crippen LogP) is 5.57. The first-order valence-corrected chi connectivity index (χ1v) is 12.1. The molecule has 8 nitrogen and oxygen atoms in total. The molecule has 2 aromatic carbocycles. The van der Waals surface area contributed by atoms with Gasteiger partial charge in [-0.05, 0) is 48.1 Å². The molecule has 0 spiro atoms. The van der Waals surface area contributed by atoms with Gasteiger partial charge in [-0.1, -0.05) is 51.1 Å². The second kappa shape index (κ2) is 8.86. The zero-order chi connectivity index (χ0) is 25.5. The van der Waals surface area contributed by atoms with Crippen LogP contribution in [0.4, 0.5) is 10.6 Å². The summed E-state index contributed by atoms with van der Waals surface area (Å²) in [5, 5.41) is 10.1. The lowest BCUT2D eigenvalue weighted by Gasteiger charge is -2.46. The standard InChI is InChI=1S/C28H31N5O3/c1-27(2,3)28(14-7-16-33(28)26(34)35)25-31-22(23-24(29)30-15-17-32(23)25)20-10-12-21(13-11-20)36-18-19-8-5-4-6-9-19/h4-6,8-13,15,17H,7,14,16,18H2,1-3H3,(H2,29,30)(H,34,35). The Labute approximate surface area is 210 Å². The molecule has 2 aromatic heterocycles. The molecule has 1 atom stereocenters. The number of carboxylic acid groups (broad SMARTS) is 1. The molecule has 4 aromatic rings. The number of carbonyl (C=O) groups is 1. The Morgan fingerprint density at radius 2 is 1.86 bits per heavy atom. The van der Waals surface area contributed by atoms with Gasteiger partial charge < -0.3 is 15.6 Å². The van der Waals surface area contributed by atoms with Crippen molar-refractivity contribution in [2.75, 3.05) is 12.3 Å². The first-order valence-electron chi connectivity index (χ1n) is 12.1. The van der Waals surface area contributed by atoms with Crippen molar-refractivity contribution < 1.29 is 14.6 Å². The summed E-state index contributed by atoms with van der Waals surface area (Å²) in [6.45, 7) is 7.15. The van der Waals surface area contributed by atoms with E-state index in [0.29, 0.717) is 42.4 Å². The van der Waals surface area contributed by atoms with Gasteiger partial charge in [0.25, 0.3) is 0 Å². The Morgan fingerprint density at radius 3 is 2.53 bits per heavy atom. The van der Waals surface area contributed by atoms with E-state index in [4.69, 9.17) is 15.5 Å². The molecule has 186 valence electrons. The highest BCUT2D eigenvalue weighted by Gasteiger charge is 2.56. The fourth-order valence-corrected chi connectivity index (χ4v) is 5.43. The first kappa shape index (κ1) is 23.7. The molecular weight excluding hydrogens is 454 g/mol. The summed E-state index contributed by atoms with van der Waals surface area (Å²) in [6, 6.07) is 17.7. The van der Waals surface area contributed by atoms with Crippen molar-refractivity contribution in [1.29, 1.82) is 0 Å². The molecule has 0 aliphatic carbocycles. The fourth-order valence-electron chi connectivity index (χ4n) is 5.43. The molecule has 1 saturated heterocycles. The molecule has 0 bridgehead atoms. The van der Waals surface area contributed by atoms with Gasteiger partial charge in [-0.3, -0.25) is 9.30 Å². The number of nitrogen functional groups attached to an aromatic ring is 1. The Bertz CT molecular complexity index is 1390. The van der Waals surface area contributed by atoms with Crippen LogP contribution in [0.15, 0.2) is 67.0 Å². The number of imidazole rings is 1. The van der Waals surface area contributed by atoms with Crippen molar-refractivity contribution in [3.05, 3.63) is 78.4 Å². The van der Waals surface area contributed by atoms with Crippen molar-refractivity contribution in [1.82, 2.24) is 19.3 Å². The number of benzene rings is 2. The molecule has 36 heavy (non-hydrogen) atoms.